The Labute approximate surface area is 169 Å². The highest BCUT2D eigenvalue weighted by Gasteiger charge is 2.05. The lowest BCUT2D eigenvalue weighted by Crippen LogP contribution is -1.98. The Kier molecular flexibility index (Phi) is 10.8. The second kappa shape index (κ2) is 12.8. The van der Waals surface area contributed by atoms with Crippen molar-refractivity contribution in [1.82, 2.24) is 0 Å². The van der Waals surface area contributed by atoms with Crippen LogP contribution in [0.15, 0.2) is 53.1 Å². The molecule has 0 aliphatic heterocycles. The van der Waals surface area contributed by atoms with Crippen LogP contribution in [0, 0.1) is 0 Å². The fourth-order valence-corrected chi connectivity index (χ4v) is 2.70. The molecule has 0 unspecified atom stereocenters. The molecule has 0 saturated heterocycles. The van der Waals surface area contributed by atoms with Crippen LogP contribution in [0.1, 0.15) is 65.4 Å². The molecule has 28 heavy (non-hydrogen) atoms. The van der Waals surface area contributed by atoms with E-state index in [-0.39, 0.29) is 12.2 Å². The number of carbonyl (C=O) groups is 1. The van der Waals surface area contributed by atoms with E-state index in [1.54, 1.807) is 18.2 Å². The Morgan fingerprint density at radius 2 is 1.61 bits per heavy atom. The monoisotopic (exact) mass is 386 g/mol. The molecule has 154 valence electrons. The molecular weight excluding hydrogens is 352 g/mol. The number of aryl methyl sites for hydroxylation is 1. The number of aliphatic carboxylic acids is 1. The quantitative estimate of drug-likeness (QED) is 0.419. The minimum Gasteiger partial charge on any atom is -0.504 e. The summed E-state index contributed by atoms with van der Waals surface area (Å²) in [5.74, 6) is -0.389. The first kappa shape index (κ1) is 23.5. The molecule has 0 amide bonds. The first-order chi connectivity index (χ1) is 13.3. The summed E-state index contributed by atoms with van der Waals surface area (Å²) in [5, 5.41) is 18.7. The van der Waals surface area contributed by atoms with Crippen molar-refractivity contribution in [2.45, 2.75) is 66.2 Å². The molecule has 1 aromatic rings. The van der Waals surface area contributed by atoms with Crippen molar-refractivity contribution in [2.24, 2.45) is 0 Å². The third-order valence-electron chi connectivity index (χ3n) is 4.44. The van der Waals surface area contributed by atoms with Crippen LogP contribution in [0.2, 0.25) is 0 Å². The second-order valence-electron chi connectivity index (χ2n) is 7.47. The normalized spacial score (nSPS) is 12.0. The predicted octanol–water partition coefficient (Wildman–Crippen LogP) is 6.21. The lowest BCUT2D eigenvalue weighted by molar-refractivity contribution is -0.136. The van der Waals surface area contributed by atoms with Gasteiger partial charge in [0.05, 0.1) is 0 Å². The molecule has 0 heterocycles. The zero-order valence-electron chi connectivity index (χ0n) is 17.6. The van der Waals surface area contributed by atoms with Crippen molar-refractivity contribution in [3.8, 4) is 11.5 Å². The third kappa shape index (κ3) is 10.6. The Morgan fingerprint density at radius 3 is 2.21 bits per heavy atom. The van der Waals surface area contributed by atoms with Gasteiger partial charge in [0.15, 0.2) is 11.5 Å². The third-order valence-corrected chi connectivity index (χ3v) is 4.44. The lowest BCUT2D eigenvalue weighted by atomic mass is 10.1. The summed E-state index contributed by atoms with van der Waals surface area (Å²) < 4.78 is 5.63. The Morgan fingerprint density at radius 1 is 0.964 bits per heavy atom. The van der Waals surface area contributed by atoms with Crippen LogP contribution in [0.3, 0.4) is 0 Å². The number of carboxylic acid groups (broad SMARTS) is 1. The van der Waals surface area contributed by atoms with Gasteiger partial charge in [-0.15, -0.1) is 0 Å². The Balaban J connectivity index is 2.39. The van der Waals surface area contributed by atoms with Gasteiger partial charge in [0.2, 0.25) is 0 Å². The van der Waals surface area contributed by atoms with E-state index in [9.17, 15) is 9.90 Å². The highest BCUT2D eigenvalue weighted by Crippen LogP contribution is 2.27. The summed E-state index contributed by atoms with van der Waals surface area (Å²) in [6.07, 6.45) is 11.3. The van der Waals surface area contributed by atoms with E-state index in [4.69, 9.17) is 9.84 Å². The van der Waals surface area contributed by atoms with Crippen LogP contribution in [0.5, 0.6) is 11.5 Å². The van der Waals surface area contributed by atoms with Gasteiger partial charge in [-0.3, -0.25) is 4.79 Å². The van der Waals surface area contributed by atoms with E-state index in [0.29, 0.717) is 18.8 Å². The largest absolute Gasteiger partial charge is 0.504 e. The maximum absolute atomic E-state index is 10.6. The second-order valence-corrected chi connectivity index (χ2v) is 7.47. The number of rotatable bonds is 12. The summed E-state index contributed by atoms with van der Waals surface area (Å²) in [5.41, 5.74) is 4.83. The fraction of sp³-hybridized carbons (Fsp3) is 0.458. The molecule has 0 fully saturated rings. The molecule has 0 spiro atoms. The number of hydrogen-bond acceptors (Lipinski definition) is 3. The van der Waals surface area contributed by atoms with Crippen molar-refractivity contribution in [3.05, 3.63) is 58.7 Å². The Hall–Kier alpha value is -2.49. The topological polar surface area (TPSA) is 66.8 Å². The zero-order valence-corrected chi connectivity index (χ0v) is 17.6. The van der Waals surface area contributed by atoms with Crippen molar-refractivity contribution in [2.75, 3.05) is 6.61 Å². The highest BCUT2D eigenvalue weighted by atomic mass is 16.5. The number of hydrogen-bond donors (Lipinski definition) is 2. The summed E-state index contributed by atoms with van der Waals surface area (Å²) >= 11 is 0. The number of phenolic OH excluding ortho intramolecular Hbond substituents is 1. The molecule has 0 saturated carbocycles. The first-order valence-corrected chi connectivity index (χ1v) is 9.89. The SMILES string of the molecule is CC(C)=CCC/C(C)=C/CC/C(C)=C/COc1ccc(CCC(=O)O)cc1O. The van der Waals surface area contributed by atoms with Crippen LogP contribution < -0.4 is 4.74 Å². The van der Waals surface area contributed by atoms with E-state index in [1.807, 2.05) is 6.08 Å². The van der Waals surface area contributed by atoms with Gasteiger partial charge >= 0.3 is 5.97 Å². The molecule has 0 radical (unpaired) electrons. The molecule has 4 nitrogen and oxygen atoms in total. The molecule has 0 bridgehead atoms. The van der Waals surface area contributed by atoms with Gasteiger partial charge in [0.25, 0.3) is 0 Å². The number of allylic oxidation sites excluding steroid dienone is 5. The lowest BCUT2D eigenvalue weighted by Gasteiger charge is -2.08. The zero-order chi connectivity index (χ0) is 20.9. The van der Waals surface area contributed by atoms with Crippen molar-refractivity contribution in [1.29, 1.82) is 0 Å². The number of carboxylic acids is 1. The predicted molar refractivity (Wildman–Crippen MR) is 115 cm³/mol. The molecule has 2 N–H and O–H groups in total. The number of benzene rings is 1. The van der Waals surface area contributed by atoms with Crippen LogP contribution in [-0.2, 0) is 11.2 Å². The molecule has 4 heteroatoms. The fourth-order valence-electron chi connectivity index (χ4n) is 2.70. The minimum absolute atomic E-state index is 0.0452. The summed E-state index contributed by atoms with van der Waals surface area (Å²) in [6, 6.07) is 5.04. The molecule has 1 aromatic carbocycles. The summed E-state index contributed by atoms with van der Waals surface area (Å²) in [4.78, 5) is 10.6. The van der Waals surface area contributed by atoms with Gasteiger partial charge in [-0.1, -0.05) is 34.9 Å². The van der Waals surface area contributed by atoms with Crippen LogP contribution in [0.25, 0.3) is 0 Å². The molecular formula is C24H34O4. The summed E-state index contributed by atoms with van der Waals surface area (Å²) in [7, 11) is 0. The number of ether oxygens (including phenoxy) is 1. The van der Waals surface area contributed by atoms with Crippen molar-refractivity contribution in [3.63, 3.8) is 0 Å². The van der Waals surface area contributed by atoms with Gasteiger partial charge in [-0.25, -0.2) is 0 Å². The van der Waals surface area contributed by atoms with Gasteiger partial charge < -0.3 is 14.9 Å². The van der Waals surface area contributed by atoms with Gasteiger partial charge in [-0.2, -0.15) is 0 Å². The van der Waals surface area contributed by atoms with Gasteiger partial charge in [0, 0.05) is 6.42 Å². The maximum atomic E-state index is 10.6. The Bertz CT molecular complexity index is 722. The van der Waals surface area contributed by atoms with Crippen LogP contribution in [0.4, 0.5) is 0 Å². The summed E-state index contributed by atoms with van der Waals surface area (Å²) in [6.45, 7) is 8.93. The molecule has 0 aromatic heterocycles. The molecule has 0 aliphatic carbocycles. The highest BCUT2D eigenvalue weighted by molar-refractivity contribution is 5.67. The smallest absolute Gasteiger partial charge is 0.303 e. The van der Waals surface area contributed by atoms with E-state index in [1.165, 1.54) is 16.7 Å². The van der Waals surface area contributed by atoms with Crippen LogP contribution >= 0.6 is 0 Å². The van der Waals surface area contributed by atoms with Gasteiger partial charge in [-0.05, 0) is 83.6 Å². The van der Waals surface area contributed by atoms with Crippen molar-refractivity contribution >= 4 is 5.97 Å². The molecule has 0 aliphatic rings. The van der Waals surface area contributed by atoms with E-state index >= 15 is 0 Å². The minimum atomic E-state index is -0.849. The molecule has 0 atom stereocenters. The average Bonchev–Trinajstić information content (AvgIpc) is 2.61. The molecule has 1 rings (SSSR count). The maximum Gasteiger partial charge on any atom is 0.303 e. The van der Waals surface area contributed by atoms with E-state index < -0.39 is 5.97 Å². The van der Waals surface area contributed by atoms with E-state index in [0.717, 1.165) is 31.2 Å². The van der Waals surface area contributed by atoms with Crippen LogP contribution in [-0.4, -0.2) is 22.8 Å². The van der Waals surface area contributed by atoms with Gasteiger partial charge in [0.1, 0.15) is 6.61 Å². The standard InChI is InChI=1S/C24H34O4/c1-18(2)7-5-8-19(3)9-6-10-20(4)15-16-28-23-13-11-21(17-22(23)25)12-14-24(26)27/h7,9,11,13,15,17,25H,5-6,8,10,12,14,16H2,1-4H3,(H,26,27)/b19-9+,20-15+. The average molecular weight is 387 g/mol. The van der Waals surface area contributed by atoms with Crippen molar-refractivity contribution < 1.29 is 19.7 Å². The number of aromatic hydroxyl groups is 1. The van der Waals surface area contributed by atoms with E-state index in [2.05, 4.69) is 39.8 Å². The first-order valence-electron chi connectivity index (χ1n) is 9.89. The number of phenols is 1.